The SMILES string of the molecule is CC(C)(C)OC(=O)NC1C2CCCCC21. The van der Waals surface area contributed by atoms with Crippen LogP contribution in [-0.4, -0.2) is 17.7 Å². The molecule has 1 amide bonds. The topological polar surface area (TPSA) is 38.3 Å². The molecular formula is C12H21NO2. The summed E-state index contributed by atoms with van der Waals surface area (Å²) >= 11 is 0. The van der Waals surface area contributed by atoms with E-state index in [2.05, 4.69) is 5.32 Å². The maximum absolute atomic E-state index is 11.5. The lowest BCUT2D eigenvalue weighted by Gasteiger charge is -2.19. The number of nitrogens with one attached hydrogen (secondary N) is 1. The van der Waals surface area contributed by atoms with Gasteiger partial charge in [-0.15, -0.1) is 0 Å². The Hall–Kier alpha value is -0.730. The predicted molar refractivity (Wildman–Crippen MR) is 58.6 cm³/mol. The average Bonchev–Trinajstić information content (AvgIpc) is 2.76. The van der Waals surface area contributed by atoms with Crippen LogP contribution in [-0.2, 0) is 4.74 Å². The van der Waals surface area contributed by atoms with Crippen molar-refractivity contribution >= 4 is 6.09 Å². The number of carbonyl (C=O) groups excluding carboxylic acids is 1. The lowest BCUT2D eigenvalue weighted by atomic mass is 10.0. The Labute approximate surface area is 91.6 Å². The third-order valence-electron chi connectivity index (χ3n) is 3.34. The highest BCUT2D eigenvalue weighted by Crippen LogP contribution is 2.49. The Morgan fingerprint density at radius 3 is 2.20 bits per heavy atom. The molecule has 2 saturated carbocycles. The molecule has 3 nitrogen and oxygen atoms in total. The molecule has 0 saturated heterocycles. The van der Waals surface area contributed by atoms with Crippen LogP contribution in [0.15, 0.2) is 0 Å². The molecule has 2 aliphatic rings. The molecule has 0 spiro atoms. The first-order chi connectivity index (χ1) is 6.97. The molecule has 0 aromatic heterocycles. The second kappa shape index (κ2) is 3.69. The van der Waals surface area contributed by atoms with Gasteiger partial charge in [-0.2, -0.15) is 0 Å². The first-order valence-electron chi connectivity index (χ1n) is 5.97. The van der Waals surface area contributed by atoms with E-state index in [1.807, 2.05) is 20.8 Å². The van der Waals surface area contributed by atoms with Gasteiger partial charge in [0.05, 0.1) is 0 Å². The van der Waals surface area contributed by atoms with E-state index in [-0.39, 0.29) is 11.7 Å². The summed E-state index contributed by atoms with van der Waals surface area (Å²) in [5.74, 6) is 1.48. The number of amides is 1. The van der Waals surface area contributed by atoms with Crippen LogP contribution in [0.3, 0.4) is 0 Å². The Kier molecular flexibility index (Phi) is 2.65. The third-order valence-corrected chi connectivity index (χ3v) is 3.34. The summed E-state index contributed by atoms with van der Waals surface area (Å²) in [6.07, 6.45) is 4.97. The fraction of sp³-hybridized carbons (Fsp3) is 0.917. The molecule has 3 heteroatoms. The molecule has 0 radical (unpaired) electrons. The fourth-order valence-electron chi connectivity index (χ4n) is 2.65. The molecule has 15 heavy (non-hydrogen) atoms. The third kappa shape index (κ3) is 2.64. The van der Waals surface area contributed by atoms with E-state index < -0.39 is 0 Å². The first-order valence-corrected chi connectivity index (χ1v) is 5.97. The van der Waals surface area contributed by atoms with Crippen LogP contribution in [0, 0.1) is 11.8 Å². The van der Waals surface area contributed by atoms with Crippen LogP contribution in [0.2, 0.25) is 0 Å². The molecular weight excluding hydrogens is 190 g/mol. The fourth-order valence-corrected chi connectivity index (χ4v) is 2.65. The minimum absolute atomic E-state index is 0.248. The average molecular weight is 211 g/mol. The highest BCUT2D eigenvalue weighted by Gasteiger charge is 2.51. The monoisotopic (exact) mass is 211 g/mol. The molecule has 0 aromatic carbocycles. The van der Waals surface area contributed by atoms with Crippen molar-refractivity contribution in [2.45, 2.75) is 58.1 Å². The van der Waals surface area contributed by atoms with E-state index in [0.717, 1.165) is 11.8 Å². The van der Waals surface area contributed by atoms with Crippen molar-refractivity contribution < 1.29 is 9.53 Å². The highest BCUT2D eigenvalue weighted by atomic mass is 16.6. The van der Waals surface area contributed by atoms with Crippen molar-refractivity contribution in [2.24, 2.45) is 11.8 Å². The first kappa shape index (κ1) is 10.8. The maximum Gasteiger partial charge on any atom is 0.407 e. The van der Waals surface area contributed by atoms with Gasteiger partial charge in [0.15, 0.2) is 0 Å². The molecule has 0 bridgehead atoms. The number of alkyl carbamates (subject to hydrolysis) is 1. The molecule has 2 atom stereocenters. The molecule has 2 rings (SSSR count). The number of hydrogen-bond acceptors (Lipinski definition) is 2. The van der Waals surface area contributed by atoms with E-state index in [1.54, 1.807) is 0 Å². The van der Waals surface area contributed by atoms with Crippen molar-refractivity contribution in [3.63, 3.8) is 0 Å². The Morgan fingerprint density at radius 1 is 1.20 bits per heavy atom. The van der Waals surface area contributed by atoms with Crippen LogP contribution in [0.4, 0.5) is 4.79 Å². The summed E-state index contributed by atoms with van der Waals surface area (Å²) in [4.78, 5) is 11.5. The second-order valence-electron chi connectivity index (χ2n) is 5.78. The van der Waals surface area contributed by atoms with Gasteiger partial charge in [-0.25, -0.2) is 4.79 Å². The molecule has 86 valence electrons. The Balaban J connectivity index is 1.76. The van der Waals surface area contributed by atoms with Gasteiger partial charge in [-0.05, 0) is 45.4 Å². The number of fused-ring (bicyclic) bond motifs is 1. The summed E-state index contributed by atoms with van der Waals surface area (Å²) in [5, 5.41) is 2.99. The van der Waals surface area contributed by atoms with Gasteiger partial charge < -0.3 is 10.1 Å². The summed E-state index contributed by atoms with van der Waals surface area (Å²) in [6.45, 7) is 5.69. The molecule has 1 N–H and O–H groups in total. The van der Waals surface area contributed by atoms with Crippen LogP contribution in [0.1, 0.15) is 46.5 Å². The standard InChI is InChI=1S/C12H21NO2/c1-12(2,3)15-11(14)13-10-8-6-4-5-7-9(8)10/h8-10H,4-7H2,1-3H3,(H,13,14). The minimum Gasteiger partial charge on any atom is -0.444 e. The largest absolute Gasteiger partial charge is 0.444 e. The van der Waals surface area contributed by atoms with Crippen LogP contribution < -0.4 is 5.32 Å². The summed E-state index contributed by atoms with van der Waals surface area (Å²) in [7, 11) is 0. The molecule has 2 aliphatic carbocycles. The maximum atomic E-state index is 11.5. The van der Waals surface area contributed by atoms with Crippen molar-refractivity contribution in [2.75, 3.05) is 0 Å². The molecule has 2 fully saturated rings. The normalized spacial score (nSPS) is 34.2. The van der Waals surface area contributed by atoms with E-state index in [9.17, 15) is 4.79 Å². The minimum atomic E-state index is -0.385. The zero-order valence-corrected chi connectivity index (χ0v) is 9.88. The van der Waals surface area contributed by atoms with Gasteiger partial charge in [0, 0.05) is 6.04 Å². The van der Waals surface area contributed by atoms with Crippen molar-refractivity contribution in [3.8, 4) is 0 Å². The van der Waals surface area contributed by atoms with Gasteiger partial charge in [0.25, 0.3) is 0 Å². The summed E-state index contributed by atoms with van der Waals surface area (Å²) < 4.78 is 5.24. The van der Waals surface area contributed by atoms with E-state index >= 15 is 0 Å². The zero-order chi connectivity index (χ0) is 11.1. The quantitative estimate of drug-likeness (QED) is 0.724. The molecule has 0 heterocycles. The number of ether oxygens (including phenoxy) is 1. The number of rotatable bonds is 1. The second-order valence-corrected chi connectivity index (χ2v) is 5.78. The van der Waals surface area contributed by atoms with Gasteiger partial charge in [0.2, 0.25) is 0 Å². The zero-order valence-electron chi connectivity index (χ0n) is 9.88. The molecule has 0 aliphatic heterocycles. The van der Waals surface area contributed by atoms with Gasteiger partial charge in [-0.3, -0.25) is 0 Å². The van der Waals surface area contributed by atoms with Crippen LogP contribution in [0.5, 0.6) is 0 Å². The highest BCUT2D eigenvalue weighted by molar-refractivity contribution is 5.68. The lowest BCUT2D eigenvalue weighted by Crippen LogP contribution is -2.34. The van der Waals surface area contributed by atoms with Crippen LogP contribution >= 0.6 is 0 Å². The molecule has 2 unspecified atom stereocenters. The smallest absolute Gasteiger partial charge is 0.407 e. The van der Waals surface area contributed by atoms with Crippen LogP contribution in [0.25, 0.3) is 0 Å². The van der Waals surface area contributed by atoms with Crippen molar-refractivity contribution in [1.82, 2.24) is 5.32 Å². The molecule has 0 aromatic rings. The van der Waals surface area contributed by atoms with Gasteiger partial charge >= 0.3 is 6.09 Å². The summed E-state index contributed by atoms with van der Waals surface area (Å²) in [5.41, 5.74) is -0.385. The van der Waals surface area contributed by atoms with E-state index in [1.165, 1.54) is 25.7 Å². The number of carbonyl (C=O) groups is 1. The van der Waals surface area contributed by atoms with Crippen molar-refractivity contribution in [3.05, 3.63) is 0 Å². The van der Waals surface area contributed by atoms with Gasteiger partial charge in [-0.1, -0.05) is 12.8 Å². The van der Waals surface area contributed by atoms with Gasteiger partial charge in [0.1, 0.15) is 5.60 Å². The van der Waals surface area contributed by atoms with E-state index in [0.29, 0.717) is 6.04 Å². The predicted octanol–water partition coefficient (Wildman–Crippen LogP) is 2.70. The lowest BCUT2D eigenvalue weighted by molar-refractivity contribution is 0.0519. The Morgan fingerprint density at radius 2 is 1.73 bits per heavy atom. The summed E-state index contributed by atoms with van der Waals surface area (Å²) in [6, 6.07) is 0.405. The number of hydrogen-bond donors (Lipinski definition) is 1. The van der Waals surface area contributed by atoms with Crippen molar-refractivity contribution in [1.29, 1.82) is 0 Å². The Bertz CT molecular complexity index is 245. The van der Waals surface area contributed by atoms with E-state index in [4.69, 9.17) is 4.74 Å².